The van der Waals surface area contributed by atoms with Crippen LogP contribution in [0.25, 0.3) is 0 Å². The number of fused-ring (bicyclic) bond motifs is 2. The third-order valence-electron chi connectivity index (χ3n) is 6.05. The van der Waals surface area contributed by atoms with Crippen molar-refractivity contribution in [2.75, 3.05) is 7.05 Å². The van der Waals surface area contributed by atoms with E-state index >= 15 is 0 Å². The monoisotopic (exact) mass is 321 g/mol. The Bertz CT molecular complexity index is 436. The van der Waals surface area contributed by atoms with Crippen LogP contribution < -0.4 is 10.6 Å². The molecule has 1 aliphatic carbocycles. The van der Waals surface area contributed by atoms with Crippen LogP contribution in [-0.4, -0.2) is 47.9 Å². The molecule has 0 aromatic carbocycles. The lowest BCUT2D eigenvalue weighted by Gasteiger charge is -2.37. The minimum Gasteiger partial charge on any atom is -0.344 e. The predicted molar refractivity (Wildman–Crippen MR) is 89.9 cm³/mol. The molecular weight excluding hydrogens is 290 g/mol. The fourth-order valence-electron chi connectivity index (χ4n) is 4.59. The fraction of sp³-hybridized carbons (Fsp3) is 0.889. The highest BCUT2D eigenvalue weighted by atomic mass is 16.2. The second-order valence-corrected chi connectivity index (χ2v) is 7.78. The van der Waals surface area contributed by atoms with Gasteiger partial charge in [0.05, 0.1) is 0 Å². The Morgan fingerprint density at radius 3 is 2.26 bits per heavy atom. The van der Waals surface area contributed by atoms with Gasteiger partial charge in [-0.05, 0) is 45.4 Å². The molecule has 3 aliphatic rings. The second kappa shape index (κ2) is 7.20. The summed E-state index contributed by atoms with van der Waals surface area (Å²) in [5.74, 6) is 0.240. The molecule has 0 aromatic heterocycles. The smallest absolute Gasteiger partial charge is 0.244 e. The lowest BCUT2D eigenvalue weighted by Crippen LogP contribution is -2.54. The van der Waals surface area contributed by atoms with E-state index < -0.39 is 6.04 Å². The highest BCUT2D eigenvalue weighted by molar-refractivity contribution is 5.88. The van der Waals surface area contributed by atoms with Gasteiger partial charge >= 0.3 is 0 Å². The van der Waals surface area contributed by atoms with Crippen LogP contribution in [0.3, 0.4) is 0 Å². The summed E-state index contributed by atoms with van der Waals surface area (Å²) < 4.78 is 0. The lowest BCUT2D eigenvalue weighted by molar-refractivity contribution is -0.138. The number of nitrogens with one attached hydrogen (secondary N) is 2. The summed E-state index contributed by atoms with van der Waals surface area (Å²) in [6.45, 7) is 1.83. The Hall–Kier alpha value is -1.10. The molecule has 2 bridgehead atoms. The molecule has 0 spiro atoms. The van der Waals surface area contributed by atoms with E-state index in [1.54, 1.807) is 0 Å². The van der Waals surface area contributed by atoms with Gasteiger partial charge in [-0.3, -0.25) is 9.59 Å². The minimum absolute atomic E-state index is 0.0560. The van der Waals surface area contributed by atoms with Crippen LogP contribution >= 0.6 is 0 Å². The Kier molecular flexibility index (Phi) is 5.24. The van der Waals surface area contributed by atoms with Crippen LogP contribution in [0.2, 0.25) is 0 Å². The molecule has 2 saturated heterocycles. The van der Waals surface area contributed by atoms with Gasteiger partial charge in [0.2, 0.25) is 11.8 Å². The maximum atomic E-state index is 12.7. The summed E-state index contributed by atoms with van der Waals surface area (Å²) in [7, 11) is 1.90. The Morgan fingerprint density at radius 2 is 1.65 bits per heavy atom. The van der Waals surface area contributed by atoms with Gasteiger partial charge in [0, 0.05) is 31.1 Å². The molecule has 2 amide bonds. The number of likely N-dealkylation sites (N-methyl/N-ethyl adjacent to an activating group) is 1. The van der Waals surface area contributed by atoms with Crippen LogP contribution in [0.4, 0.5) is 0 Å². The van der Waals surface area contributed by atoms with E-state index in [0.717, 1.165) is 38.5 Å². The number of hydrogen-bond donors (Lipinski definition) is 2. The van der Waals surface area contributed by atoms with Crippen molar-refractivity contribution in [1.82, 2.24) is 15.5 Å². The number of piperidine rings is 1. The molecular formula is C18H31N3O2. The average Bonchev–Trinajstić information content (AvgIpc) is 2.92. The Balaban J connectivity index is 1.51. The predicted octanol–water partition coefficient (Wildman–Crippen LogP) is 1.81. The number of rotatable bonds is 4. The van der Waals surface area contributed by atoms with Gasteiger partial charge in [-0.2, -0.15) is 0 Å². The molecule has 1 saturated carbocycles. The zero-order chi connectivity index (χ0) is 16.4. The first kappa shape index (κ1) is 16.7. The number of nitrogens with zero attached hydrogens (tertiary/aromatic N) is 1. The molecule has 0 radical (unpaired) electrons. The standard InChI is InChI=1S/C18H31N3O2/c1-12(19-17(22)13-6-4-3-5-7-13)18(23)21(2)16-10-14-8-9-15(11-16)20-14/h12-16,20H,3-11H2,1-2H3,(H,19,22)/t12-,14?,15?,16?/m0/s1. The van der Waals surface area contributed by atoms with Crippen molar-refractivity contribution >= 4 is 11.8 Å². The van der Waals surface area contributed by atoms with Gasteiger partial charge in [-0.25, -0.2) is 0 Å². The van der Waals surface area contributed by atoms with E-state index in [4.69, 9.17) is 0 Å². The largest absolute Gasteiger partial charge is 0.344 e. The first-order valence-corrected chi connectivity index (χ1v) is 9.37. The number of hydrogen-bond acceptors (Lipinski definition) is 3. The molecule has 0 aromatic rings. The summed E-state index contributed by atoms with van der Waals surface area (Å²) in [4.78, 5) is 26.9. The van der Waals surface area contributed by atoms with Crippen LogP contribution in [0.1, 0.15) is 64.7 Å². The average molecular weight is 321 g/mol. The SMILES string of the molecule is C[C@H](NC(=O)C1CCCCC1)C(=O)N(C)C1CC2CCC(C1)N2. The molecule has 23 heavy (non-hydrogen) atoms. The Morgan fingerprint density at radius 1 is 1.04 bits per heavy atom. The third kappa shape index (κ3) is 3.87. The molecule has 130 valence electrons. The van der Waals surface area contributed by atoms with Crippen molar-refractivity contribution in [2.45, 2.75) is 88.9 Å². The molecule has 5 nitrogen and oxygen atoms in total. The summed E-state index contributed by atoms with van der Waals surface area (Å²) in [6, 6.07) is 1.04. The normalized spacial score (nSPS) is 32.3. The van der Waals surface area contributed by atoms with Crippen molar-refractivity contribution in [3.8, 4) is 0 Å². The van der Waals surface area contributed by atoms with Crippen LogP contribution in [0.15, 0.2) is 0 Å². The molecule has 3 fully saturated rings. The summed E-state index contributed by atoms with van der Waals surface area (Å²) in [6.07, 6.45) is 10.0. The molecule has 3 atom stereocenters. The minimum atomic E-state index is -0.415. The summed E-state index contributed by atoms with van der Waals surface area (Å²) in [5, 5.41) is 6.57. The van der Waals surface area contributed by atoms with Crippen molar-refractivity contribution in [3.05, 3.63) is 0 Å². The molecule has 2 heterocycles. The number of carbonyl (C=O) groups excluding carboxylic acids is 2. The van der Waals surface area contributed by atoms with E-state index in [1.807, 2.05) is 18.9 Å². The van der Waals surface area contributed by atoms with Crippen LogP contribution in [0.5, 0.6) is 0 Å². The van der Waals surface area contributed by atoms with Gasteiger partial charge in [0.15, 0.2) is 0 Å². The Labute approximate surface area is 139 Å². The molecule has 5 heteroatoms. The lowest BCUT2D eigenvalue weighted by atomic mass is 9.88. The van der Waals surface area contributed by atoms with Crippen molar-refractivity contribution in [3.63, 3.8) is 0 Å². The summed E-state index contributed by atoms with van der Waals surface area (Å²) in [5.41, 5.74) is 0. The highest BCUT2D eigenvalue weighted by Crippen LogP contribution is 2.29. The van der Waals surface area contributed by atoms with Gasteiger partial charge in [-0.1, -0.05) is 19.3 Å². The first-order chi connectivity index (χ1) is 11.0. The van der Waals surface area contributed by atoms with E-state index in [9.17, 15) is 9.59 Å². The van der Waals surface area contributed by atoms with E-state index in [-0.39, 0.29) is 17.7 Å². The molecule has 2 aliphatic heterocycles. The molecule has 2 unspecified atom stereocenters. The zero-order valence-corrected chi connectivity index (χ0v) is 14.5. The van der Waals surface area contributed by atoms with Gasteiger partial charge < -0.3 is 15.5 Å². The topological polar surface area (TPSA) is 61.4 Å². The van der Waals surface area contributed by atoms with Crippen molar-refractivity contribution < 1.29 is 9.59 Å². The van der Waals surface area contributed by atoms with Crippen molar-refractivity contribution in [2.24, 2.45) is 5.92 Å². The summed E-state index contributed by atoms with van der Waals surface area (Å²) >= 11 is 0. The highest BCUT2D eigenvalue weighted by Gasteiger charge is 2.37. The van der Waals surface area contributed by atoms with Gasteiger partial charge in [0.1, 0.15) is 6.04 Å². The molecule has 2 N–H and O–H groups in total. The van der Waals surface area contributed by atoms with Crippen LogP contribution in [-0.2, 0) is 9.59 Å². The maximum absolute atomic E-state index is 12.7. The van der Waals surface area contributed by atoms with Crippen molar-refractivity contribution in [1.29, 1.82) is 0 Å². The third-order valence-corrected chi connectivity index (χ3v) is 6.05. The van der Waals surface area contributed by atoms with Crippen LogP contribution in [0, 0.1) is 5.92 Å². The van der Waals surface area contributed by atoms with Gasteiger partial charge in [-0.15, -0.1) is 0 Å². The number of amides is 2. The quantitative estimate of drug-likeness (QED) is 0.830. The molecule has 3 rings (SSSR count). The van der Waals surface area contributed by atoms with E-state index in [0.29, 0.717) is 18.1 Å². The van der Waals surface area contributed by atoms with Gasteiger partial charge in [0.25, 0.3) is 0 Å². The van der Waals surface area contributed by atoms with E-state index in [1.165, 1.54) is 19.3 Å². The zero-order valence-electron chi connectivity index (χ0n) is 14.5. The number of carbonyl (C=O) groups is 2. The maximum Gasteiger partial charge on any atom is 0.244 e. The second-order valence-electron chi connectivity index (χ2n) is 7.78. The fourth-order valence-corrected chi connectivity index (χ4v) is 4.59. The van der Waals surface area contributed by atoms with E-state index in [2.05, 4.69) is 10.6 Å². The first-order valence-electron chi connectivity index (χ1n) is 9.37.